The van der Waals surface area contributed by atoms with Gasteiger partial charge in [0.2, 0.25) is 0 Å². The summed E-state index contributed by atoms with van der Waals surface area (Å²) in [6.45, 7) is -0.586. The number of pyridine rings is 1. The fraction of sp³-hybridized carbons (Fsp3) is 0.211. The highest BCUT2D eigenvalue weighted by Crippen LogP contribution is 2.30. The van der Waals surface area contributed by atoms with Gasteiger partial charge in [0.25, 0.3) is 0 Å². The van der Waals surface area contributed by atoms with E-state index in [9.17, 15) is 13.2 Å². The Morgan fingerprint density at radius 1 is 1.25 bits per heavy atom. The zero-order valence-corrected chi connectivity index (χ0v) is 14.6. The summed E-state index contributed by atoms with van der Waals surface area (Å²) in [6.07, 6.45) is -1.77. The summed E-state index contributed by atoms with van der Waals surface area (Å²) in [6, 6.07) is 11.7. The number of alkyl halides is 3. The van der Waals surface area contributed by atoms with Gasteiger partial charge in [0.05, 0.1) is 17.8 Å². The molecule has 0 saturated heterocycles. The molecule has 0 saturated carbocycles. The third kappa shape index (κ3) is 4.59. The summed E-state index contributed by atoms with van der Waals surface area (Å²) >= 11 is 0. The molecule has 0 amide bonds. The Hall–Kier alpha value is -3.54. The summed E-state index contributed by atoms with van der Waals surface area (Å²) in [5.74, 6) is 0.711. The van der Waals surface area contributed by atoms with Gasteiger partial charge < -0.3 is 20.4 Å². The van der Waals surface area contributed by atoms with E-state index in [2.05, 4.69) is 10.3 Å². The number of ether oxygens (including phenoxy) is 1. The van der Waals surface area contributed by atoms with Gasteiger partial charge in [-0.15, -0.1) is 0 Å². The van der Waals surface area contributed by atoms with E-state index < -0.39 is 12.8 Å². The molecule has 2 N–H and O–H groups in total. The lowest BCUT2D eigenvalue weighted by Crippen LogP contribution is -2.23. The first-order valence-electron chi connectivity index (χ1n) is 8.29. The molecule has 6 nitrogen and oxygen atoms in total. The number of para-hydroxylation sites is 2. The molecule has 0 spiro atoms. The van der Waals surface area contributed by atoms with Crippen LogP contribution in [0.2, 0.25) is 0 Å². The number of nitrogens with one attached hydrogen (secondary N) is 2. The Kier molecular flexibility index (Phi) is 5.49. The van der Waals surface area contributed by atoms with Crippen LogP contribution in [0.1, 0.15) is 5.56 Å². The number of halogens is 3. The van der Waals surface area contributed by atoms with Gasteiger partial charge >= 0.3 is 6.18 Å². The fourth-order valence-corrected chi connectivity index (χ4v) is 2.72. The third-order valence-electron chi connectivity index (χ3n) is 4.04. The van der Waals surface area contributed by atoms with Crippen LogP contribution in [-0.4, -0.2) is 37.1 Å². The zero-order valence-electron chi connectivity index (χ0n) is 14.6. The lowest BCUT2D eigenvalue weighted by Gasteiger charge is -2.18. The predicted molar refractivity (Wildman–Crippen MR) is 98.6 cm³/mol. The monoisotopic (exact) mass is 387 g/mol. The molecule has 9 heteroatoms. The van der Waals surface area contributed by atoms with Gasteiger partial charge in [-0.25, -0.2) is 4.98 Å². The quantitative estimate of drug-likeness (QED) is 0.738. The van der Waals surface area contributed by atoms with Crippen molar-refractivity contribution in [2.24, 2.45) is 0 Å². The zero-order chi connectivity index (χ0) is 20.1. The Morgan fingerprint density at radius 2 is 2.04 bits per heavy atom. The molecular formula is C19H16F3N5O. The number of hydrogen-bond acceptors (Lipinski definition) is 6. The fourth-order valence-electron chi connectivity index (χ4n) is 2.72. The van der Waals surface area contributed by atoms with Gasteiger partial charge in [-0.3, -0.25) is 0 Å². The molecule has 1 aliphatic heterocycles. The normalized spacial score (nSPS) is 14.0. The van der Waals surface area contributed by atoms with Crippen LogP contribution >= 0.6 is 0 Å². The highest BCUT2D eigenvalue weighted by molar-refractivity contribution is 5.82. The van der Waals surface area contributed by atoms with Crippen molar-refractivity contribution in [3.63, 3.8) is 0 Å². The van der Waals surface area contributed by atoms with Crippen molar-refractivity contribution in [1.29, 1.82) is 10.7 Å². The Labute approximate surface area is 159 Å². The number of benzene rings is 1. The summed E-state index contributed by atoms with van der Waals surface area (Å²) in [7, 11) is 0. The van der Waals surface area contributed by atoms with Gasteiger partial charge in [0, 0.05) is 30.2 Å². The maximum atomic E-state index is 12.5. The second kappa shape index (κ2) is 8.00. The van der Waals surface area contributed by atoms with Crippen LogP contribution in [0.5, 0.6) is 5.75 Å². The highest BCUT2D eigenvalue weighted by atomic mass is 19.4. The van der Waals surface area contributed by atoms with Gasteiger partial charge in [-0.05, 0) is 24.3 Å². The molecule has 28 heavy (non-hydrogen) atoms. The number of aromatic nitrogens is 1. The molecule has 2 aromatic rings. The second-order valence-electron chi connectivity index (χ2n) is 6.05. The van der Waals surface area contributed by atoms with Crippen molar-refractivity contribution in [2.75, 3.05) is 29.9 Å². The maximum absolute atomic E-state index is 12.5. The van der Waals surface area contributed by atoms with Crippen molar-refractivity contribution in [2.45, 2.75) is 6.18 Å². The third-order valence-corrected chi connectivity index (χ3v) is 4.04. The summed E-state index contributed by atoms with van der Waals surface area (Å²) in [4.78, 5) is 6.13. The maximum Gasteiger partial charge on any atom is 0.422 e. The molecule has 3 rings (SSSR count). The molecule has 0 radical (unpaired) electrons. The minimum absolute atomic E-state index is 0.0756. The molecule has 0 fully saturated rings. The van der Waals surface area contributed by atoms with E-state index in [0.717, 1.165) is 0 Å². The van der Waals surface area contributed by atoms with Crippen molar-refractivity contribution in [3.05, 3.63) is 59.4 Å². The van der Waals surface area contributed by atoms with E-state index in [4.69, 9.17) is 15.4 Å². The predicted octanol–water partition coefficient (Wildman–Crippen LogP) is 3.73. The topological polar surface area (TPSA) is 85.0 Å². The standard InChI is InChI=1S/C19H16F3N5O/c20-19(21,22)12-28-17-4-2-1-3-15(17)26-16-11-27(10-14(16)8-24)18-6-5-13(7-23)9-25-18/h1-6,8-9,24,26H,10-12H2. The molecule has 2 heterocycles. The summed E-state index contributed by atoms with van der Waals surface area (Å²) < 4.78 is 42.3. The molecule has 0 atom stereocenters. The lowest BCUT2D eigenvalue weighted by atomic mass is 10.2. The van der Waals surface area contributed by atoms with Crippen molar-refractivity contribution in [1.82, 2.24) is 4.98 Å². The Morgan fingerprint density at radius 3 is 2.68 bits per heavy atom. The van der Waals surface area contributed by atoms with E-state index in [-0.39, 0.29) is 5.75 Å². The van der Waals surface area contributed by atoms with Crippen LogP contribution in [0.15, 0.2) is 53.9 Å². The van der Waals surface area contributed by atoms with E-state index in [1.165, 1.54) is 18.5 Å². The van der Waals surface area contributed by atoms with Crippen LogP contribution in [-0.2, 0) is 0 Å². The van der Waals surface area contributed by atoms with Gasteiger partial charge in [-0.2, -0.15) is 18.4 Å². The van der Waals surface area contributed by atoms with E-state index in [1.807, 2.05) is 11.0 Å². The average molecular weight is 387 g/mol. The van der Waals surface area contributed by atoms with E-state index >= 15 is 0 Å². The van der Waals surface area contributed by atoms with Crippen molar-refractivity contribution in [3.8, 4) is 11.8 Å². The molecule has 0 aliphatic carbocycles. The first-order valence-corrected chi connectivity index (χ1v) is 8.29. The van der Waals surface area contributed by atoms with Crippen LogP contribution < -0.4 is 15.0 Å². The SMILES string of the molecule is N#Cc1ccc(N2CC(C=N)=C(Nc3ccccc3OCC(F)(F)F)C2)nc1. The lowest BCUT2D eigenvalue weighted by molar-refractivity contribution is -0.153. The number of nitriles is 1. The smallest absolute Gasteiger partial charge is 0.422 e. The first-order chi connectivity index (χ1) is 13.4. The molecular weight excluding hydrogens is 371 g/mol. The number of nitrogens with zero attached hydrogens (tertiary/aromatic N) is 3. The largest absolute Gasteiger partial charge is 0.482 e. The number of anilines is 2. The minimum Gasteiger partial charge on any atom is -0.482 e. The van der Waals surface area contributed by atoms with E-state index in [0.29, 0.717) is 41.4 Å². The van der Waals surface area contributed by atoms with Crippen LogP contribution in [0, 0.1) is 16.7 Å². The molecule has 0 bridgehead atoms. The first kappa shape index (κ1) is 19.2. The summed E-state index contributed by atoms with van der Waals surface area (Å²) in [5.41, 5.74) is 2.18. The van der Waals surface area contributed by atoms with Gasteiger partial charge in [-0.1, -0.05) is 12.1 Å². The summed E-state index contributed by atoms with van der Waals surface area (Å²) in [5, 5.41) is 19.6. The minimum atomic E-state index is -4.43. The van der Waals surface area contributed by atoms with Gasteiger partial charge in [0.1, 0.15) is 17.6 Å². The number of rotatable bonds is 6. The van der Waals surface area contributed by atoms with Crippen LogP contribution in [0.25, 0.3) is 0 Å². The number of hydrogen-bond donors (Lipinski definition) is 2. The van der Waals surface area contributed by atoms with E-state index in [1.54, 1.807) is 30.3 Å². The second-order valence-corrected chi connectivity index (χ2v) is 6.05. The molecule has 1 aliphatic rings. The highest BCUT2D eigenvalue weighted by Gasteiger charge is 2.29. The molecule has 1 aromatic heterocycles. The Bertz CT molecular complexity index is 932. The molecule has 144 valence electrons. The average Bonchev–Trinajstić information content (AvgIpc) is 3.09. The van der Waals surface area contributed by atoms with Crippen LogP contribution in [0.3, 0.4) is 0 Å². The Balaban J connectivity index is 1.76. The molecule has 0 unspecified atom stereocenters. The van der Waals surface area contributed by atoms with Crippen molar-refractivity contribution >= 4 is 17.7 Å². The van der Waals surface area contributed by atoms with Gasteiger partial charge in [0.15, 0.2) is 6.61 Å². The van der Waals surface area contributed by atoms with Crippen LogP contribution in [0.4, 0.5) is 24.7 Å². The molecule has 1 aromatic carbocycles. The van der Waals surface area contributed by atoms with Crippen molar-refractivity contribution < 1.29 is 17.9 Å².